The summed E-state index contributed by atoms with van der Waals surface area (Å²) >= 11 is 0. The molecule has 1 aliphatic heterocycles. The van der Waals surface area contributed by atoms with Gasteiger partial charge in [0.1, 0.15) is 11.5 Å². The van der Waals surface area contributed by atoms with Crippen LogP contribution in [0.4, 0.5) is 11.4 Å². The van der Waals surface area contributed by atoms with Gasteiger partial charge in [0.05, 0.1) is 32.3 Å². The van der Waals surface area contributed by atoms with Gasteiger partial charge in [0.15, 0.2) is 0 Å². The lowest BCUT2D eigenvalue weighted by Gasteiger charge is -2.35. The number of nitrogens with zero attached hydrogens (tertiary/aromatic N) is 2. The Labute approximate surface area is 430 Å². The second kappa shape index (κ2) is 21.6. The summed E-state index contributed by atoms with van der Waals surface area (Å²) in [5.74, 6) is 1.10. The van der Waals surface area contributed by atoms with Crippen molar-refractivity contribution >= 4 is 11.4 Å². The summed E-state index contributed by atoms with van der Waals surface area (Å²) in [6.07, 6.45) is 4.60. The highest BCUT2D eigenvalue weighted by Gasteiger charge is 2.35. The number of benzene rings is 10. The minimum absolute atomic E-state index is 0.130. The first kappa shape index (κ1) is 46.5. The molecule has 0 atom stereocenters. The summed E-state index contributed by atoms with van der Waals surface area (Å²) in [6.45, 7) is 0.526. The third kappa shape index (κ3) is 9.68. The molecule has 4 heteroatoms. The van der Waals surface area contributed by atoms with Crippen molar-refractivity contribution in [1.82, 2.24) is 0 Å². The lowest BCUT2D eigenvalue weighted by Crippen LogP contribution is -2.29. The molecule has 4 nitrogen and oxygen atoms in total. The maximum atomic E-state index is 6.36. The van der Waals surface area contributed by atoms with Crippen molar-refractivity contribution in [2.45, 2.75) is 23.7 Å². The molecule has 0 aromatic heterocycles. The van der Waals surface area contributed by atoms with Crippen LogP contribution in [0.25, 0.3) is 0 Å². The van der Waals surface area contributed by atoms with Crippen LogP contribution in [-0.2, 0) is 0 Å². The van der Waals surface area contributed by atoms with Crippen LogP contribution in [0.2, 0.25) is 0 Å². The van der Waals surface area contributed by atoms with Gasteiger partial charge in [-0.05, 0) is 91.0 Å². The number of ether oxygens (including phenoxy) is 2. The van der Waals surface area contributed by atoms with Crippen LogP contribution in [0, 0.1) is 0 Å². The quantitative estimate of drug-likeness (QED) is 0.0901. The molecule has 1 aliphatic rings. The monoisotopic (exact) mass is 946 g/mol. The van der Waals surface area contributed by atoms with E-state index < -0.39 is 0 Å². The molecule has 356 valence electrons. The van der Waals surface area contributed by atoms with Crippen LogP contribution in [-0.4, -0.2) is 20.9 Å². The van der Waals surface area contributed by atoms with E-state index in [1.165, 1.54) is 44.5 Å². The Balaban J connectivity index is 1.19. The lowest BCUT2D eigenvalue weighted by atomic mass is 9.78. The molecule has 0 aliphatic carbocycles. The fourth-order valence-corrected chi connectivity index (χ4v) is 11.2. The van der Waals surface area contributed by atoms with Crippen molar-refractivity contribution in [2.75, 3.05) is 30.7 Å². The second-order valence-electron chi connectivity index (χ2n) is 18.7. The summed E-state index contributed by atoms with van der Waals surface area (Å²) in [6, 6.07) is 96.5. The second-order valence-corrected chi connectivity index (χ2v) is 18.7. The average molecular weight is 947 g/mol. The van der Waals surface area contributed by atoms with Crippen molar-refractivity contribution < 1.29 is 9.47 Å². The van der Waals surface area contributed by atoms with E-state index >= 15 is 0 Å². The number of hydrogen-bond acceptors (Lipinski definition) is 4. The van der Waals surface area contributed by atoms with Gasteiger partial charge in [0.25, 0.3) is 0 Å². The maximum absolute atomic E-state index is 6.36. The predicted molar refractivity (Wildman–Crippen MR) is 300 cm³/mol. The first-order valence-corrected chi connectivity index (χ1v) is 25.2. The molecule has 0 amide bonds. The van der Waals surface area contributed by atoms with Crippen LogP contribution in [0.15, 0.2) is 279 Å². The maximum Gasteiger partial charge on any atom is 0.119 e. The van der Waals surface area contributed by atoms with Gasteiger partial charge in [0, 0.05) is 36.1 Å². The highest BCUT2D eigenvalue weighted by Crippen LogP contribution is 2.51. The zero-order chi connectivity index (χ0) is 49.3. The topological polar surface area (TPSA) is 24.9 Å². The predicted octanol–water partition coefficient (Wildman–Crippen LogP) is 16.2. The SMILES string of the molecule is COc1cc(C(c2ccccc2)c2ccccc2)c(N2C=CN(c3c(C(c4ccccc4)c4ccccc4)cc(OC)cc3C(c3ccccc3)c3ccccc3)C2)c(C(c2ccccc2)c2ccccc2)c1. The van der Waals surface area contributed by atoms with E-state index in [-0.39, 0.29) is 23.7 Å². The Bertz CT molecular complexity index is 2790. The van der Waals surface area contributed by atoms with Gasteiger partial charge in [-0.15, -0.1) is 0 Å². The molecular weight excluding hydrogens is 889 g/mol. The number of anilines is 2. The van der Waals surface area contributed by atoms with E-state index in [0.717, 1.165) is 45.1 Å². The van der Waals surface area contributed by atoms with Crippen LogP contribution in [0.1, 0.15) is 90.4 Å². The Morgan fingerprint density at radius 3 is 0.616 bits per heavy atom. The molecule has 73 heavy (non-hydrogen) atoms. The van der Waals surface area contributed by atoms with Crippen LogP contribution < -0.4 is 19.3 Å². The zero-order valence-electron chi connectivity index (χ0n) is 41.3. The molecule has 10 aromatic rings. The minimum atomic E-state index is -0.130. The molecule has 0 saturated carbocycles. The summed E-state index contributed by atoms with van der Waals surface area (Å²) < 4.78 is 12.7. The fraction of sp³-hybridized carbons (Fsp3) is 0.101. The van der Waals surface area contributed by atoms with E-state index in [1.54, 1.807) is 14.2 Å². The molecule has 0 spiro atoms. The standard InChI is InChI=1S/C69H58N2O2/c1-72-58-45-60(64(50-27-11-3-12-28-50)51-29-13-4-14-30-51)68(61(46-58)65(52-31-15-5-16-32-52)53-33-17-6-18-34-53)70-43-44-71(49-70)69-62(66(54-35-19-7-20-36-54)55-37-21-8-22-38-55)47-59(73-2)48-63(69)67(56-39-23-9-24-40-56)57-41-25-10-26-42-57/h3-48,64-67H,49H2,1-2H3. The first-order valence-electron chi connectivity index (χ1n) is 25.2. The normalized spacial score (nSPS) is 12.3. The summed E-state index contributed by atoms with van der Waals surface area (Å²) in [4.78, 5) is 4.97. The Kier molecular flexibility index (Phi) is 13.8. The molecule has 11 rings (SSSR count). The molecular formula is C69H58N2O2. The van der Waals surface area contributed by atoms with E-state index in [4.69, 9.17) is 9.47 Å². The van der Waals surface area contributed by atoms with Gasteiger partial charge in [-0.25, -0.2) is 0 Å². The van der Waals surface area contributed by atoms with Crippen molar-refractivity contribution in [3.63, 3.8) is 0 Å². The van der Waals surface area contributed by atoms with Crippen molar-refractivity contribution in [2.24, 2.45) is 0 Å². The Morgan fingerprint density at radius 1 is 0.274 bits per heavy atom. The number of methoxy groups -OCH3 is 2. The van der Waals surface area contributed by atoms with Gasteiger partial charge in [-0.1, -0.05) is 243 Å². The van der Waals surface area contributed by atoms with Gasteiger partial charge >= 0.3 is 0 Å². The van der Waals surface area contributed by atoms with Crippen LogP contribution >= 0.6 is 0 Å². The van der Waals surface area contributed by atoms with Crippen molar-refractivity contribution in [3.8, 4) is 11.5 Å². The van der Waals surface area contributed by atoms with Crippen molar-refractivity contribution in [3.05, 3.63) is 346 Å². The zero-order valence-corrected chi connectivity index (χ0v) is 41.3. The van der Waals surface area contributed by atoms with Crippen LogP contribution in [0.3, 0.4) is 0 Å². The summed E-state index contributed by atoms with van der Waals surface area (Å²) in [5, 5.41) is 0. The molecule has 0 N–H and O–H groups in total. The molecule has 0 fully saturated rings. The molecule has 1 heterocycles. The van der Waals surface area contributed by atoms with Crippen molar-refractivity contribution in [1.29, 1.82) is 0 Å². The molecule has 0 unspecified atom stereocenters. The van der Waals surface area contributed by atoms with Gasteiger partial charge in [-0.2, -0.15) is 0 Å². The van der Waals surface area contributed by atoms with Gasteiger partial charge in [0.2, 0.25) is 0 Å². The smallest absolute Gasteiger partial charge is 0.119 e. The molecule has 0 radical (unpaired) electrons. The van der Waals surface area contributed by atoms with Gasteiger partial charge < -0.3 is 19.3 Å². The van der Waals surface area contributed by atoms with Crippen LogP contribution in [0.5, 0.6) is 11.5 Å². The van der Waals surface area contributed by atoms with Gasteiger partial charge in [-0.3, -0.25) is 0 Å². The molecule has 10 aromatic carbocycles. The van der Waals surface area contributed by atoms with E-state index in [1.807, 2.05) is 0 Å². The molecule has 0 bridgehead atoms. The average Bonchev–Trinajstić information content (AvgIpc) is 3.95. The molecule has 0 saturated heterocycles. The lowest BCUT2D eigenvalue weighted by molar-refractivity contribution is 0.413. The van der Waals surface area contributed by atoms with E-state index in [0.29, 0.717) is 6.67 Å². The number of rotatable bonds is 16. The first-order chi connectivity index (χ1) is 36.2. The summed E-state index contributed by atoms with van der Waals surface area (Å²) in [5.41, 5.74) is 16.5. The Hall–Kier alpha value is -8.86. The highest BCUT2D eigenvalue weighted by molar-refractivity contribution is 5.77. The number of hydrogen-bond donors (Lipinski definition) is 0. The van der Waals surface area contributed by atoms with E-state index in [2.05, 4.69) is 289 Å². The fourth-order valence-electron chi connectivity index (χ4n) is 11.2. The highest BCUT2D eigenvalue weighted by atomic mass is 16.5. The minimum Gasteiger partial charge on any atom is -0.497 e. The summed E-state index contributed by atoms with van der Waals surface area (Å²) in [7, 11) is 3.58. The third-order valence-corrected chi connectivity index (χ3v) is 14.4. The largest absolute Gasteiger partial charge is 0.497 e. The van der Waals surface area contributed by atoms with E-state index in [9.17, 15) is 0 Å². The Morgan fingerprint density at radius 2 is 0.452 bits per heavy atom. The third-order valence-electron chi connectivity index (χ3n) is 14.4.